The minimum Gasteiger partial charge on any atom is -0.391 e. The fourth-order valence-electron chi connectivity index (χ4n) is 1.12. The Morgan fingerprint density at radius 2 is 2.13 bits per heavy atom. The summed E-state index contributed by atoms with van der Waals surface area (Å²) in [5, 5.41) is 15.8. The summed E-state index contributed by atoms with van der Waals surface area (Å²) in [5.74, 6) is 0.807. The van der Waals surface area contributed by atoms with Gasteiger partial charge in [-0.15, -0.1) is 0 Å². The van der Waals surface area contributed by atoms with Gasteiger partial charge >= 0.3 is 0 Å². The minimum atomic E-state index is -0.427. The van der Waals surface area contributed by atoms with Crippen molar-refractivity contribution in [2.75, 3.05) is 17.7 Å². The van der Waals surface area contributed by atoms with Crippen molar-refractivity contribution in [3.8, 4) is 0 Å². The molecule has 0 aromatic carbocycles. The maximum absolute atomic E-state index is 9.57. The van der Waals surface area contributed by atoms with Crippen LogP contribution < -0.4 is 10.6 Å². The molecule has 15 heavy (non-hydrogen) atoms. The highest BCUT2D eigenvalue weighted by Gasteiger charge is 2.23. The van der Waals surface area contributed by atoms with Crippen molar-refractivity contribution in [3.05, 3.63) is 18.3 Å². The average molecular weight is 209 g/mol. The van der Waals surface area contributed by atoms with Crippen LogP contribution in [-0.4, -0.2) is 28.8 Å². The predicted molar refractivity (Wildman–Crippen MR) is 63.2 cm³/mol. The lowest BCUT2D eigenvalue weighted by Crippen LogP contribution is -2.41. The van der Waals surface area contributed by atoms with Crippen LogP contribution in [0.5, 0.6) is 0 Å². The van der Waals surface area contributed by atoms with E-state index in [1.54, 1.807) is 13.1 Å². The van der Waals surface area contributed by atoms with Crippen molar-refractivity contribution in [1.82, 2.24) is 4.98 Å². The van der Waals surface area contributed by atoms with Crippen molar-refractivity contribution in [3.63, 3.8) is 0 Å². The second-order valence-corrected chi connectivity index (χ2v) is 4.20. The number of hydrogen-bond acceptors (Lipinski definition) is 4. The van der Waals surface area contributed by atoms with E-state index in [4.69, 9.17) is 0 Å². The lowest BCUT2D eigenvalue weighted by molar-refractivity contribution is 0.133. The largest absolute Gasteiger partial charge is 0.391 e. The molecule has 1 rings (SSSR count). The van der Waals surface area contributed by atoms with Crippen LogP contribution in [0.3, 0.4) is 0 Å². The van der Waals surface area contributed by atoms with E-state index in [0.717, 1.165) is 11.5 Å². The second kappa shape index (κ2) is 4.49. The van der Waals surface area contributed by atoms with Crippen LogP contribution in [0, 0.1) is 0 Å². The number of nitrogens with one attached hydrogen (secondary N) is 2. The SMILES string of the molecule is CNc1cc(NC(C)(C)C(C)O)ccn1. The molecule has 1 heterocycles. The zero-order chi connectivity index (χ0) is 11.5. The van der Waals surface area contributed by atoms with Gasteiger partial charge in [-0.3, -0.25) is 0 Å². The summed E-state index contributed by atoms with van der Waals surface area (Å²) in [6.07, 6.45) is 1.30. The number of aliphatic hydroxyl groups is 1. The number of rotatable bonds is 4. The van der Waals surface area contributed by atoms with Crippen molar-refractivity contribution in [2.24, 2.45) is 0 Å². The summed E-state index contributed by atoms with van der Waals surface area (Å²) < 4.78 is 0. The Morgan fingerprint density at radius 1 is 1.47 bits per heavy atom. The molecular weight excluding hydrogens is 190 g/mol. The molecule has 1 atom stereocenters. The molecule has 3 N–H and O–H groups in total. The first-order valence-electron chi connectivity index (χ1n) is 5.06. The monoisotopic (exact) mass is 209 g/mol. The molecule has 1 aromatic heterocycles. The Balaban J connectivity index is 2.80. The molecule has 0 radical (unpaired) electrons. The van der Waals surface area contributed by atoms with Gasteiger partial charge in [-0.1, -0.05) is 0 Å². The summed E-state index contributed by atoms with van der Waals surface area (Å²) in [7, 11) is 1.83. The number of aromatic nitrogens is 1. The Hall–Kier alpha value is -1.29. The van der Waals surface area contributed by atoms with Crippen LogP contribution in [0.1, 0.15) is 20.8 Å². The minimum absolute atomic E-state index is 0.355. The first-order valence-corrected chi connectivity index (χ1v) is 5.06. The second-order valence-electron chi connectivity index (χ2n) is 4.20. The molecule has 0 aliphatic heterocycles. The van der Waals surface area contributed by atoms with E-state index in [1.165, 1.54) is 0 Å². The third kappa shape index (κ3) is 3.09. The lowest BCUT2D eigenvalue weighted by atomic mass is 9.98. The normalized spacial score (nSPS) is 13.4. The van der Waals surface area contributed by atoms with Gasteiger partial charge in [0.2, 0.25) is 0 Å². The number of anilines is 2. The van der Waals surface area contributed by atoms with Gasteiger partial charge in [-0.2, -0.15) is 0 Å². The highest BCUT2D eigenvalue weighted by molar-refractivity contribution is 5.52. The summed E-state index contributed by atoms with van der Waals surface area (Å²) in [6.45, 7) is 5.68. The van der Waals surface area contributed by atoms with E-state index in [-0.39, 0.29) is 5.54 Å². The average Bonchev–Trinajstić information content (AvgIpc) is 2.17. The van der Waals surface area contributed by atoms with Gasteiger partial charge in [0, 0.05) is 25.0 Å². The quantitative estimate of drug-likeness (QED) is 0.706. The Kier molecular flexibility index (Phi) is 3.52. The Labute approximate surface area is 90.7 Å². The van der Waals surface area contributed by atoms with Crippen molar-refractivity contribution < 1.29 is 5.11 Å². The van der Waals surface area contributed by atoms with E-state index in [2.05, 4.69) is 15.6 Å². The molecule has 0 aliphatic rings. The number of hydrogen-bond donors (Lipinski definition) is 3. The molecule has 0 saturated heterocycles. The third-order valence-electron chi connectivity index (χ3n) is 2.53. The van der Waals surface area contributed by atoms with Gasteiger partial charge in [0.05, 0.1) is 11.6 Å². The van der Waals surface area contributed by atoms with Crippen LogP contribution in [0.2, 0.25) is 0 Å². The smallest absolute Gasteiger partial charge is 0.127 e. The van der Waals surface area contributed by atoms with Crippen molar-refractivity contribution >= 4 is 11.5 Å². The predicted octanol–water partition coefficient (Wildman–Crippen LogP) is 1.69. The molecule has 0 aliphatic carbocycles. The molecule has 0 saturated carbocycles. The Morgan fingerprint density at radius 3 is 2.67 bits per heavy atom. The number of aliphatic hydroxyl groups excluding tert-OH is 1. The maximum Gasteiger partial charge on any atom is 0.127 e. The molecule has 4 heteroatoms. The lowest BCUT2D eigenvalue weighted by Gasteiger charge is -2.30. The third-order valence-corrected chi connectivity index (χ3v) is 2.53. The van der Waals surface area contributed by atoms with E-state index in [9.17, 15) is 5.11 Å². The highest BCUT2D eigenvalue weighted by Crippen LogP contribution is 2.19. The molecule has 0 amide bonds. The molecule has 1 unspecified atom stereocenters. The van der Waals surface area contributed by atoms with E-state index in [1.807, 2.05) is 33.0 Å². The van der Waals surface area contributed by atoms with Crippen LogP contribution in [0.15, 0.2) is 18.3 Å². The van der Waals surface area contributed by atoms with Crippen LogP contribution in [0.25, 0.3) is 0 Å². The first kappa shape index (κ1) is 11.8. The molecule has 0 fully saturated rings. The van der Waals surface area contributed by atoms with Gasteiger partial charge in [0.25, 0.3) is 0 Å². The molecule has 1 aromatic rings. The summed E-state index contributed by atoms with van der Waals surface area (Å²) in [6, 6.07) is 3.79. The van der Waals surface area contributed by atoms with Gasteiger partial charge < -0.3 is 15.7 Å². The van der Waals surface area contributed by atoms with Gasteiger partial charge in [-0.25, -0.2) is 4.98 Å². The van der Waals surface area contributed by atoms with Crippen LogP contribution >= 0.6 is 0 Å². The molecular formula is C11H19N3O. The first-order chi connectivity index (χ1) is 6.95. The van der Waals surface area contributed by atoms with Crippen molar-refractivity contribution in [1.29, 1.82) is 0 Å². The van der Waals surface area contributed by atoms with Crippen LogP contribution in [-0.2, 0) is 0 Å². The zero-order valence-corrected chi connectivity index (χ0v) is 9.70. The standard InChI is InChI=1S/C11H19N3O/c1-8(15)11(2,3)14-9-5-6-13-10(7-9)12-4/h5-8,15H,1-4H3,(H2,12,13,14). The summed E-state index contributed by atoms with van der Waals surface area (Å²) >= 11 is 0. The fourth-order valence-corrected chi connectivity index (χ4v) is 1.12. The van der Waals surface area contributed by atoms with Gasteiger partial charge in [-0.05, 0) is 26.8 Å². The Bertz CT molecular complexity index is 323. The summed E-state index contributed by atoms with van der Waals surface area (Å²) in [5.41, 5.74) is 0.590. The molecule has 0 bridgehead atoms. The van der Waals surface area contributed by atoms with Gasteiger partial charge in [0.15, 0.2) is 0 Å². The molecule has 0 spiro atoms. The van der Waals surface area contributed by atoms with E-state index in [0.29, 0.717) is 0 Å². The maximum atomic E-state index is 9.57. The molecule has 4 nitrogen and oxygen atoms in total. The van der Waals surface area contributed by atoms with Gasteiger partial charge in [0.1, 0.15) is 5.82 Å². The topological polar surface area (TPSA) is 57.2 Å². The summed E-state index contributed by atoms with van der Waals surface area (Å²) in [4.78, 5) is 4.12. The fraction of sp³-hybridized carbons (Fsp3) is 0.545. The number of nitrogens with zero attached hydrogens (tertiary/aromatic N) is 1. The van der Waals surface area contributed by atoms with Crippen LogP contribution in [0.4, 0.5) is 11.5 Å². The molecule has 84 valence electrons. The van der Waals surface area contributed by atoms with Crippen molar-refractivity contribution in [2.45, 2.75) is 32.4 Å². The van der Waals surface area contributed by atoms with E-state index >= 15 is 0 Å². The number of pyridine rings is 1. The van der Waals surface area contributed by atoms with E-state index < -0.39 is 6.10 Å². The highest BCUT2D eigenvalue weighted by atomic mass is 16.3. The zero-order valence-electron chi connectivity index (χ0n) is 9.70.